The molecule has 1 atom stereocenters. The van der Waals surface area contributed by atoms with Gasteiger partial charge in [-0.2, -0.15) is 17.5 Å². The molecule has 4 aliphatic carbocycles. The molecule has 1 aromatic carbocycles. The number of nitrogens with one attached hydrogen (secondary N) is 1. The maximum absolute atomic E-state index is 13.4. The number of amides is 1. The summed E-state index contributed by atoms with van der Waals surface area (Å²) in [5.41, 5.74) is -1.48. The van der Waals surface area contributed by atoms with Crippen LogP contribution in [0.15, 0.2) is 29.2 Å². The van der Waals surface area contributed by atoms with Gasteiger partial charge in [0.1, 0.15) is 0 Å². The van der Waals surface area contributed by atoms with Crippen LogP contribution in [0.4, 0.5) is 13.2 Å². The van der Waals surface area contributed by atoms with Crippen molar-refractivity contribution in [3.63, 3.8) is 0 Å². The van der Waals surface area contributed by atoms with E-state index in [1.54, 1.807) is 0 Å². The minimum atomic E-state index is -4.76. The third-order valence-corrected chi connectivity index (χ3v) is 10.1. The molecule has 5 fully saturated rings. The molecule has 5 aliphatic rings. The van der Waals surface area contributed by atoms with Crippen LogP contribution in [0.3, 0.4) is 0 Å². The van der Waals surface area contributed by atoms with Gasteiger partial charge in [-0.1, -0.05) is 12.1 Å². The third kappa shape index (κ3) is 3.75. The highest BCUT2D eigenvalue weighted by molar-refractivity contribution is 7.89. The molecule has 9 heteroatoms. The van der Waals surface area contributed by atoms with Crippen molar-refractivity contribution in [2.75, 3.05) is 13.1 Å². The Hall–Kier alpha value is -1.61. The topological polar surface area (TPSA) is 66.5 Å². The lowest BCUT2D eigenvalue weighted by Gasteiger charge is -2.55. The van der Waals surface area contributed by atoms with Gasteiger partial charge in [-0.3, -0.25) is 4.79 Å². The molecule has 4 saturated carbocycles. The predicted octanol–water partition coefficient (Wildman–Crippen LogP) is 4.19. The van der Waals surface area contributed by atoms with E-state index in [2.05, 4.69) is 5.32 Å². The molecule has 1 unspecified atom stereocenters. The summed E-state index contributed by atoms with van der Waals surface area (Å²) in [5.74, 6) is 1.87. The first kappa shape index (κ1) is 22.2. The van der Waals surface area contributed by atoms with Crippen LogP contribution in [0.5, 0.6) is 0 Å². The van der Waals surface area contributed by atoms with Gasteiger partial charge in [0.2, 0.25) is 15.9 Å². The number of sulfonamides is 1. The summed E-state index contributed by atoms with van der Waals surface area (Å²) in [6.45, 7) is 0.306. The molecule has 1 saturated heterocycles. The van der Waals surface area contributed by atoms with Gasteiger partial charge in [-0.05, 0) is 81.3 Å². The molecule has 1 aromatic rings. The normalized spacial score (nSPS) is 34.7. The minimum absolute atomic E-state index is 0.0107. The number of halogens is 3. The van der Waals surface area contributed by atoms with E-state index >= 15 is 0 Å². The van der Waals surface area contributed by atoms with Crippen LogP contribution in [0.2, 0.25) is 0 Å². The van der Waals surface area contributed by atoms with E-state index in [-0.39, 0.29) is 24.4 Å². The molecular formula is C23H29F3N2O3S. The largest absolute Gasteiger partial charge is 0.417 e. The zero-order valence-electron chi connectivity index (χ0n) is 17.9. The Kier molecular flexibility index (Phi) is 5.36. The van der Waals surface area contributed by atoms with E-state index in [1.165, 1.54) is 31.4 Å². The van der Waals surface area contributed by atoms with Crippen molar-refractivity contribution >= 4 is 15.9 Å². The highest BCUT2D eigenvalue weighted by Gasteiger charge is 2.54. The van der Waals surface area contributed by atoms with Crippen LogP contribution in [-0.2, 0) is 21.0 Å². The van der Waals surface area contributed by atoms with Gasteiger partial charge in [0.05, 0.1) is 10.5 Å². The molecule has 1 heterocycles. The Labute approximate surface area is 186 Å². The van der Waals surface area contributed by atoms with E-state index < -0.39 is 32.7 Å². The van der Waals surface area contributed by atoms with Crippen LogP contribution in [0, 0.1) is 23.2 Å². The molecule has 176 valence electrons. The fourth-order valence-electron chi connectivity index (χ4n) is 7.17. The van der Waals surface area contributed by atoms with E-state index in [1.807, 2.05) is 0 Å². The molecule has 4 bridgehead atoms. The van der Waals surface area contributed by atoms with Gasteiger partial charge in [-0.15, -0.1) is 0 Å². The van der Waals surface area contributed by atoms with Crippen LogP contribution >= 0.6 is 0 Å². The number of benzene rings is 1. The highest BCUT2D eigenvalue weighted by atomic mass is 32.2. The fourth-order valence-corrected chi connectivity index (χ4v) is 9.08. The first-order chi connectivity index (χ1) is 15.1. The minimum Gasteiger partial charge on any atom is -0.354 e. The standard InChI is InChI=1S/C23H29F3N2O3S/c24-23(25,26)19-5-1-2-6-20(19)32(30,31)28-7-3-4-18(28)14-27-21(29)22-11-15-8-16(12-22)10-17(9-15)13-22/h1-2,5-6,15-18H,3-4,7-14H2,(H,27,29). The first-order valence-electron chi connectivity index (χ1n) is 11.5. The highest BCUT2D eigenvalue weighted by Crippen LogP contribution is 2.60. The van der Waals surface area contributed by atoms with Gasteiger partial charge in [0, 0.05) is 24.5 Å². The summed E-state index contributed by atoms with van der Waals surface area (Å²) in [5, 5.41) is 3.01. The zero-order chi connectivity index (χ0) is 22.7. The smallest absolute Gasteiger partial charge is 0.354 e. The van der Waals surface area contributed by atoms with E-state index in [4.69, 9.17) is 0 Å². The van der Waals surface area contributed by atoms with Crippen molar-refractivity contribution in [2.45, 2.75) is 68.5 Å². The summed E-state index contributed by atoms with van der Waals surface area (Å²) in [6.07, 6.45) is 2.73. The number of hydrogen-bond donors (Lipinski definition) is 1. The number of carbonyl (C=O) groups excluding carboxylic acids is 1. The number of carbonyl (C=O) groups is 1. The Morgan fingerprint density at radius 1 is 1.06 bits per heavy atom. The van der Waals surface area contributed by atoms with Crippen molar-refractivity contribution in [1.29, 1.82) is 0 Å². The van der Waals surface area contributed by atoms with Crippen molar-refractivity contribution in [2.24, 2.45) is 23.2 Å². The number of rotatable bonds is 5. The Morgan fingerprint density at radius 3 is 2.25 bits per heavy atom. The molecule has 1 amide bonds. The maximum Gasteiger partial charge on any atom is 0.417 e. The number of nitrogens with zero attached hydrogens (tertiary/aromatic N) is 1. The van der Waals surface area contributed by atoms with Crippen molar-refractivity contribution in [1.82, 2.24) is 9.62 Å². The molecule has 0 aromatic heterocycles. The SMILES string of the molecule is O=C(NCC1CCCN1S(=O)(=O)c1ccccc1C(F)(F)F)C12CC3CC(CC(C3)C1)C2. The van der Waals surface area contributed by atoms with Crippen LogP contribution in [0.1, 0.15) is 56.9 Å². The average molecular weight is 471 g/mol. The van der Waals surface area contributed by atoms with Crippen LogP contribution in [0.25, 0.3) is 0 Å². The molecule has 1 aliphatic heterocycles. The summed E-state index contributed by atoms with van der Waals surface area (Å²) in [4.78, 5) is 12.5. The maximum atomic E-state index is 13.4. The molecule has 6 rings (SSSR count). The van der Waals surface area contributed by atoms with Crippen molar-refractivity contribution < 1.29 is 26.4 Å². The molecular weight excluding hydrogens is 441 g/mol. The summed E-state index contributed by atoms with van der Waals surface area (Å²) >= 11 is 0. The Morgan fingerprint density at radius 2 is 1.66 bits per heavy atom. The first-order valence-corrected chi connectivity index (χ1v) is 13.0. The lowest BCUT2D eigenvalue weighted by atomic mass is 9.49. The van der Waals surface area contributed by atoms with Crippen molar-refractivity contribution in [3.8, 4) is 0 Å². The lowest BCUT2D eigenvalue weighted by molar-refractivity contribution is -0.146. The number of alkyl halides is 3. The van der Waals surface area contributed by atoms with Crippen molar-refractivity contribution in [3.05, 3.63) is 29.8 Å². The monoisotopic (exact) mass is 470 g/mol. The van der Waals surface area contributed by atoms with Gasteiger partial charge in [-0.25, -0.2) is 8.42 Å². The van der Waals surface area contributed by atoms with E-state index in [9.17, 15) is 26.4 Å². The van der Waals surface area contributed by atoms with Gasteiger partial charge in [0.25, 0.3) is 0 Å². The fraction of sp³-hybridized carbons (Fsp3) is 0.696. The van der Waals surface area contributed by atoms with Gasteiger partial charge < -0.3 is 5.32 Å². The zero-order valence-corrected chi connectivity index (χ0v) is 18.7. The van der Waals surface area contributed by atoms with Gasteiger partial charge >= 0.3 is 6.18 Å². The average Bonchev–Trinajstić information content (AvgIpc) is 3.20. The molecule has 5 nitrogen and oxygen atoms in total. The van der Waals surface area contributed by atoms with Crippen LogP contribution in [-0.4, -0.2) is 37.8 Å². The Balaban J connectivity index is 1.31. The van der Waals surface area contributed by atoms with E-state index in [0.717, 1.165) is 35.7 Å². The third-order valence-electron chi connectivity index (χ3n) is 8.12. The Bertz CT molecular complexity index is 973. The second kappa shape index (κ2) is 7.72. The molecule has 0 radical (unpaired) electrons. The quantitative estimate of drug-likeness (QED) is 0.702. The second-order valence-corrected chi connectivity index (χ2v) is 12.2. The summed E-state index contributed by atoms with van der Waals surface area (Å²) in [7, 11) is -4.33. The predicted molar refractivity (Wildman–Crippen MR) is 112 cm³/mol. The molecule has 32 heavy (non-hydrogen) atoms. The van der Waals surface area contributed by atoms with E-state index in [0.29, 0.717) is 30.6 Å². The second-order valence-electron chi connectivity index (χ2n) is 10.3. The summed E-state index contributed by atoms with van der Waals surface area (Å²) in [6, 6.07) is 3.78. The summed E-state index contributed by atoms with van der Waals surface area (Å²) < 4.78 is 67.8. The van der Waals surface area contributed by atoms with Gasteiger partial charge in [0.15, 0.2) is 0 Å². The molecule has 1 N–H and O–H groups in total. The lowest BCUT2D eigenvalue weighted by Crippen LogP contribution is -2.55. The number of hydrogen-bond acceptors (Lipinski definition) is 3. The molecule has 0 spiro atoms. The van der Waals surface area contributed by atoms with Crippen LogP contribution < -0.4 is 5.32 Å².